The van der Waals surface area contributed by atoms with Gasteiger partial charge in [0, 0.05) is 17.7 Å². The van der Waals surface area contributed by atoms with Crippen molar-refractivity contribution >= 4 is 15.6 Å². The number of ketones is 1. The largest absolute Gasteiger partial charge is 0.294 e. The first-order valence-electron chi connectivity index (χ1n) is 5.94. The van der Waals surface area contributed by atoms with Crippen molar-refractivity contribution in [3.63, 3.8) is 0 Å². The lowest BCUT2D eigenvalue weighted by Crippen LogP contribution is -2.12. The Morgan fingerprint density at radius 2 is 1.78 bits per heavy atom. The van der Waals surface area contributed by atoms with Crippen LogP contribution < -0.4 is 0 Å². The monoisotopic (exact) mass is 272 g/mol. The van der Waals surface area contributed by atoms with Crippen molar-refractivity contribution < 1.29 is 17.6 Å². The summed E-state index contributed by atoms with van der Waals surface area (Å²) in [5.74, 6) is -0.343. The van der Waals surface area contributed by atoms with Crippen LogP contribution in [0, 0.1) is 5.82 Å². The molecule has 5 heteroatoms. The zero-order chi connectivity index (χ0) is 13.6. The molecular formula is C13H17FO3S. The van der Waals surface area contributed by atoms with E-state index in [2.05, 4.69) is 0 Å². The molecule has 1 rings (SSSR count). The van der Waals surface area contributed by atoms with Gasteiger partial charge in [0.05, 0.1) is 5.75 Å². The second kappa shape index (κ2) is 6.64. The van der Waals surface area contributed by atoms with E-state index in [1.807, 2.05) is 0 Å². The molecule has 0 atom stereocenters. The minimum absolute atomic E-state index is 0.0355. The number of carbonyl (C=O) groups is 1. The van der Waals surface area contributed by atoms with Crippen molar-refractivity contribution in [2.45, 2.75) is 26.2 Å². The minimum Gasteiger partial charge on any atom is -0.294 e. The maximum absolute atomic E-state index is 12.7. The van der Waals surface area contributed by atoms with Gasteiger partial charge in [0.15, 0.2) is 5.78 Å². The Hall–Kier alpha value is -1.23. The van der Waals surface area contributed by atoms with E-state index in [0.717, 1.165) is 0 Å². The molecule has 0 bridgehead atoms. The van der Waals surface area contributed by atoms with Crippen molar-refractivity contribution in [1.82, 2.24) is 0 Å². The SMILES string of the molecule is CCCS(=O)(=O)CCCC(=O)c1ccc(F)cc1. The van der Waals surface area contributed by atoms with Gasteiger partial charge in [-0.2, -0.15) is 0 Å². The summed E-state index contributed by atoms with van der Waals surface area (Å²) < 4.78 is 35.5. The van der Waals surface area contributed by atoms with Gasteiger partial charge in [-0.3, -0.25) is 4.79 Å². The van der Waals surface area contributed by atoms with Crippen LogP contribution in [0.5, 0.6) is 0 Å². The molecule has 0 radical (unpaired) electrons. The summed E-state index contributed by atoms with van der Waals surface area (Å²) in [5, 5.41) is 0. The molecule has 0 saturated carbocycles. The fraction of sp³-hybridized carbons (Fsp3) is 0.462. The van der Waals surface area contributed by atoms with Crippen molar-refractivity contribution in [3.05, 3.63) is 35.6 Å². The van der Waals surface area contributed by atoms with E-state index in [1.54, 1.807) is 6.92 Å². The maximum atomic E-state index is 12.7. The van der Waals surface area contributed by atoms with Crippen LogP contribution in [0.3, 0.4) is 0 Å². The lowest BCUT2D eigenvalue weighted by Gasteiger charge is -2.03. The average Bonchev–Trinajstić information content (AvgIpc) is 2.29. The van der Waals surface area contributed by atoms with Crippen molar-refractivity contribution in [2.24, 2.45) is 0 Å². The molecule has 0 amide bonds. The Labute approximate surface area is 107 Å². The van der Waals surface area contributed by atoms with Crippen LogP contribution in [-0.4, -0.2) is 25.7 Å². The van der Waals surface area contributed by atoms with Crippen LogP contribution in [0.25, 0.3) is 0 Å². The molecule has 0 saturated heterocycles. The summed E-state index contributed by atoms with van der Waals surface area (Å²) in [7, 11) is -3.03. The van der Waals surface area contributed by atoms with Crippen LogP contribution >= 0.6 is 0 Å². The molecular weight excluding hydrogens is 255 g/mol. The molecule has 0 aliphatic carbocycles. The maximum Gasteiger partial charge on any atom is 0.162 e. The first-order chi connectivity index (χ1) is 8.44. The minimum atomic E-state index is -3.03. The number of Topliss-reactive ketones (excluding diaryl/α,β-unsaturated/α-hetero) is 1. The fourth-order valence-corrected chi connectivity index (χ4v) is 3.06. The lowest BCUT2D eigenvalue weighted by atomic mass is 10.1. The summed E-state index contributed by atoms with van der Waals surface area (Å²) in [5.41, 5.74) is 0.421. The normalized spacial score (nSPS) is 11.4. The zero-order valence-electron chi connectivity index (χ0n) is 10.4. The Morgan fingerprint density at radius 3 is 2.33 bits per heavy atom. The van der Waals surface area contributed by atoms with E-state index < -0.39 is 15.7 Å². The van der Waals surface area contributed by atoms with Gasteiger partial charge >= 0.3 is 0 Å². The molecule has 1 aromatic rings. The van der Waals surface area contributed by atoms with Gasteiger partial charge in [0.1, 0.15) is 15.7 Å². The van der Waals surface area contributed by atoms with Crippen LogP contribution in [0.15, 0.2) is 24.3 Å². The first kappa shape index (κ1) is 14.8. The number of halogens is 1. The smallest absolute Gasteiger partial charge is 0.162 e. The van der Waals surface area contributed by atoms with E-state index in [0.29, 0.717) is 18.4 Å². The Bertz CT molecular complexity index is 491. The average molecular weight is 272 g/mol. The van der Waals surface area contributed by atoms with Gasteiger partial charge in [-0.05, 0) is 37.1 Å². The Kier molecular flexibility index (Phi) is 5.47. The van der Waals surface area contributed by atoms with Gasteiger partial charge in [-0.15, -0.1) is 0 Å². The summed E-state index contributed by atoms with van der Waals surface area (Å²) in [6.07, 6.45) is 1.08. The van der Waals surface area contributed by atoms with E-state index in [1.165, 1.54) is 24.3 Å². The molecule has 0 fully saturated rings. The molecule has 100 valence electrons. The van der Waals surface area contributed by atoms with Crippen LogP contribution in [0.1, 0.15) is 36.5 Å². The van der Waals surface area contributed by atoms with Crippen molar-refractivity contribution in [2.75, 3.05) is 11.5 Å². The molecule has 0 aliphatic rings. The summed E-state index contributed by atoms with van der Waals surface area (Å²) >= 11 is 0. The Balaban J connectivity index is 2.45. The van der Waals surface area contributed by atoms with Crippen LogP contribution in [-0.2, 0) is 9.84 Å². The second-order valence-electron chi connectivity index (χ2n) is 4.19. The van der Waals surface area contributed by atoms with Crippen LogP contribution in [0.2, 0.25) is 0 Å². The molecule has 0 heterocycles. The van der Waals surface area contributed by atoms with Gasteiger partial charge in [-0.1, -0.05) is 6.92 Å². The summed E-state index contributed by atoms with van der Waals surface area (Å²) in [4.78, 5) is 11.7. The third-order valence-electron chi connectivity index (χ3n) is 2.54. The van der Waals surface area contributed by atoms with E-state index in [-0.39, 0.29) is 23.7 Å². The molecule has 1 aromatic carbocycles. The molecule has 0 aromatic heterocycles. The Morgan fingerprint density at radius 1 is 1.17 bits per heavy atom. The van der Waals surface area contributed by atoms with Gasteiger partial charge in [0.25, 0.3) is 0 Å². The predicted molar refractivity (Wildman–Crippen MR) is 68.9 cm³/mol. The highest BCUT2D eigenvalue weighted by Gasteiger charge is 2.11. The third kappa shape index (κ3) is 4.96. The second-order valence-corrected chi connectivity index (χ2v) is 6.49. The molecule has 0 spiro atoms. The molecule has 0 N–H and O–H groups in total. The zero-order valence-corrected chi connectivity index (χ0v) is 11.2. The first-order valence-corrected chi connectivity index (χ1v) is 7.76. The standard InChI is InChI=1S/C13H17FO3S/c1-2-9-18(16,17)10-3-4-13(15)11-5-7-12(14)8-6-11/h5-8H,2-4,9-10H2,1H3. The van der Waals surface area contributed by atoms with Gasteiger partial charge < -0.3 is 0 Å². The van der Waals surface area contributed by atoms with Crippen molar-refractivity contribution in [3.8, 4) is 0 Å². The van der Waals surface area contributed by atoms with Crippen molar-refractivity contribution in [1.29, 1.82) is 0 Å². The summed E-state index contributed by atoms with van der Waals surface area (Å²) in [6, 6.07) is 5.28. The number of rotatable bonds is 7. The van der Waals surface area contributed by atoms with Crippen LogP contribution in [0.4, 0.5) is 4.39 Å². The number of benzene rings is 1. The number of carbonyl (C=O) groups excluding carboxylic acids is 1. The fourth-order valence-electron chi connectivity index (χ4n) is 1.65. The highest BCUT2D eigenvalue weighted by molar-refractivity contribution is 7.91. The number of sulfone groups is 1. The number of hydrogen-bond acceptors (Lipinski definition) is 3. The number of hydrogen-bond donors (Lipinski definition) is 0. The topological polar surface area (TPSA) is 51.2 Å². The molecule has 0 unspecified atom stereocenters. The summed E-state index contributed by atoms with van der Waals surface area (Å²) in [6.45, 7) is 1.81. The van der Waals surface area contributed by atoms with E-state index in [9.17, 15) is 17.6 Å². The van der Waals surface area contributed by atoms with Gasteiger partial charge in [0.2, 0.25) is 0 Å². The molecule has 18 heavy (non-hydrogen) atoms. The van der Waals surface area contributed by atoms with E-state index in [4.69, 9.17) is 0 Å². The van der Waals surface area contributed by atoms with E-state index >= 15 is 0 Å². The highest BCUT2D eigenvalue weighted by Crippen LogP contribution is 2.08. The molecule has 3 nitrogen and oxygen atoms in total. The lowest BCUT2D eigenvalue weighted by molar-refractivity contribution is 0.0982. The predicted octanol–water partition coefficient (Wildman–Crippen LogP) is 2.61. The van der Waals surface area contributed by atoms with Gasteiger partial charge in [-0.25, -0.2) is 12.8 Å². The third-order valence-corrected chi connectivity index (χ3v) is 4.48. The molecule has 0 aliphatic heterocycles. The highest BCUT2D eigenvalue weighted by atomic mass is 32.2. The quantitative estimate of drug-likeness (QED) is 0.717.